The quantitative estimate of drug-likeness (QED) is 0.479. The molecule has 0 fully saturated rings. The molecule has 0 aliphatic heterocycles. The summed E-state index contributed by atoms with van der Waals surface area (Å²) in [7, 11) is 1.31. The molecule has 0 atom stereocenters. The van der Waals surface area contributed by atoms with Gasteiger partial charge in [0.15, 0.2) is 0 Å². The molecule has 0 amide bonds. The molecule has 0 heterocycles. The summed E-state index contributed by atoms with van der Waals surface area (Å²) >= 11 is 0. The van der Waals surface area contributed by atoms with Gasteiger partial charge in [0.05, 0.1) is 12.7 Å². The average Bonchev–Trinajstić information content (AvgIpc) is 1.82. The van der Waals surface area contributed by atoms with E-state index in [0.29, 0.717) is 5.57 Å². The smallest absolute Gasteiger partial charge is 0.333 e. The maximum atomic E-state index is 10.8. The molecule has 11 heavy (non-hydrogen) atoms. The van der Waals surface area contributed by atoms with E-state index >= 15 is 0 Å². The number of esters is 1. The maximum Gasteiger partial charge on any atom is 0.333 e. The summed E-state index contributed by atoms with van der Waals surface area (Å²) in [6, 6.07) is 0. The van der Waals surface area contributed by atoms with Gasteiger partial charge in [-0.05, 0) is 26.8 Å². The fraction of sp³-hybridized carbons (Fsp3) is 0.625. The first-order valence-corrected chi connectivity index (χ1v) is 3.37. The number of carbonyl (C=O) groups is 1. The van der Waals surface area contributed by atoms with Gasteiger partial charge in [-0.1, -0.05) is 0 Å². The van der Waals surface area contributed by atoms with Crippen molar-refractivity contribution in [2.45, 2.75) is 26.4 Å². The Bertz CT molecular complexity index is 174. The van der Waals surface area contributed by atoms with E-state index in [1.807, 2.05) is 0 Å². The first-order chi connectivity index (χ1) is 4.87. The lowest BCUT2D eigenvalue weighted by Gasteiger charge is -2.11. The molecule has 0 bridgehead atoms. The molecule has 0 aromatic carbocycles. The predicted octanol–water partition coefficient (Wildman–Crippen LogP) is 0.877. The minimum atomic E-state index is -0.960. The Morgan fingerprint density at radius 1 is 1.55 bits per heavy atom. The zero-order valence-electron chi connectivity index (χ0n) is 7.34. The van der Waals surface area contributed by atoms with E-state index in [-0.39, 0.29) is 0 Å². The lowest BCUT2D eigenvalue weighted by molar-refractivity contribution is -0.136. The van der Waals surface area contributed by atoms with Gasteiger partial charge in [-0.25, -0.2) is 4.79 Å². The Labute approximate surface area is 66.7 Å². The van der Waals surface area contributed by atoms with Crippen LogP contribution in [0.4, 0.5) is 0 Å². The predicted molar refractivity (Wildman–Crippen MR) is 42.1 cm³/mol. The molecule has 0 aromatic heterocycles. The van der Waals surface area contributed by atoms with Crippen molar-refractivity contribution >= 4 is 5.97 Å². The second-order valence-electron chi connectivity index (χ2n) is 2.97. The summed E-state index contributed by atoms with van der Waals surface area (Å²) in [6.07, 6.45) is 1.46. The van der Waals surface area contributed by atoms with Crippen molar-refractivity contribution in [1.82, 2.24) is 0 Å². The van der Waals surface area contributed by atoms with Crippen molar-refractivity contribution in [3.8, 4) is 0 Å². The summed E-state index contributed by atoms with van der Waals surface area (Å²) in [5.41, 5.74) is -0.543. The van der Waals surface area contributed by atoms with E-state index in [2.05, 4.69) is 4.74 Å². The molecule has 0 saturated heterocycles. The summed E-state index contributed by atoms with van der Waals surface area (Å²) in [5.74, 6) is -0.410. The summed E-state index contributed by atoms with van der Waals surface area (Å²) in [4.78, 5) is 10.8. The SMILES string of the molecule is COC(=O)C(C)=CC(C)(C)O. The van der Waals surface area contributed by atoms with E-state index in [0.717, 1.165) is 0 Å². The molecule has 3 heteroatoms. The van der Waals surface area contributed by atoms with Crippen LogP contribution in [0.3, 0.4) is 0 Å². The molecule has 64 valence electrons. The van der Waals surface area contributed by atoms with Crippen molar-refractivity contribution in [3.63, 3.8) is 0 Å². The molecule has 0 spiro atoms. The van der Waals surface area contributed by atoms with Crippen molar-refractivity contribution in [3.05, 3.63) is 11.6 Å². The molecule has 0 rings (SSSR count). The lowest BCUT2D eigenvalue weighted by Crippen LogP contribution is -2.17. The molecule has 0 radical (unpaired) electrons. The number of hydrogen-bond donors (Lipinski definition) is 1. The number of aliphatic hydroxyl groups is 1. The third-order valence-electron chi connectivity index (χ3n) is 1.08. The minimum absolute atomic E-state index is 0.410. The molecule has 0 aliphatic rings. The highest BCUT2D eigenvalue weighted by molar-refractivity contribution is 5.87. The maximum absolute atomic E-state index is 10.8. The van der Waals surface area contributed by atoms with Crippen LogP contribution in [0.2, 0.25) is 0 Å². The number of methoxy groups -OCH3 is 1. The van der Waals surface area contributed by atoms with E-state index in [1.165, 1.54) is 13.2 Å². The third-order valence-corrected chi connectivity index (χ3v) is 1.08. The Balaban J connectivity index is 4.34. The van der Waals surface area contributed by atoms with Crippen molar-refractivity contribution < 1.29 is 14.6 Å². The van der Waals surface area contributed by atoms with Gasteiger partial charge in [-0.15, -0.1) is 0 Å². The van der Waals surface area contributed by atoms with Crippen LogP contribution in [0.25, 0.3) is 0 Å². The van der Waals surface area contributed by atoms with Gasteiger partial charge in [0.25, 0.3) is 0 Å². The standard InChI is InChI=1S/C8H14O3/c1-6(7(9)11-4)5-8(2,3)10/h5,10H,1-4H3. The first kappa shape index (κ1) is 10.2. The second-order valence-corrected chi connectivity index (χ2v) is 2.97. The van der Waals surface area contributed by atoms with Crippen LogP contribution in [-0.4, -0.2) is 23.8 Å². The Morgan fingerprint density at radius 2 is 2.00 bits per heavy atom. The number of hydrogen-bond acceptors (Lipinski definition) is 3. The fourth-order valence-corrected chi connectivity index (χ4v) is 0.750. The van der Waals surface area contributed by atoms with Crippen molar-refractivity contribution in [2.75, 3.05) is 7.11 Å². The highest BCUT2D eigenvalue weighted by Gasteiger charge is 2.12. The van der Waals surface area contributed by atoms with Gasteiger partial charge in [-0.2, -0.15) is 0 Å². The summed E-state index contributed by atoms with van der Waals surface area (Å²) in [6.45, 7) is 4.79. The highest BCUT2D eigenvalue weighted by Crippen LogP contribution is 2.07. The topological polar surface area (TPSA) is 46.5 Å². The minimum Gasteiger partial charge on any atom is -0.466 e. The zero-order valence-corrected chi connectivity index (χ0v) is 7.34. The molecule has 0 unspecified atom stereocenters. The average molecular weight is 158 g/mol. The normalized spacial score (nSPS) is 13.0. The number of rotatable bonds is 2. The highest BCUT2D eigenvalue weighted by atomic mass is 16.5. The Hall–Kier alpha value is -0.830. The molecular weight excluding hydrogens is 144 g/mol. The monoisotopic (exact) mass is 158 g/mol. The summed E-state index contributed by atoms with van der Waals surface area (Å²) < 4.78 is 4.44. The second kappa shape index (κ2) is 3.53. The van der Waals surface area contributed by atoms with E-state index in [1.54, 1.807) is 20.8 Å². The van der Waals surface area contributed by atoms with Crippen LogP contribution in [-0.2, 0) is 9.53 Å². The molecule has 0 aromatic rings. The van der Waals surface area contributed by atoms with Crippen LogP contribution in [0, 0.1) is 0 Å². The van der Waals surface area contributed by atoms with Crippen molar-refractivity contribution in [2.24, 2.45) is 0 Å². The first-order valence-electron chi connectivity index (χ1n) is 3.37. The Kier molecular flexibility index (Phi) is 3.26. The molecule has 0 aliphatic carbocycles. The van der Waals surface area contributed by atoms with E-state index in [9.17, 15) is 9.90 Å². The fourth-order valence-electron chi connectivity index (χ4n) is 0.750. The van der Waals surface area contributed by atoms with Crippen LogP contribution in [0.1, 0.15) is 20.8 Å². The van der Waals surface area contributed by atoms with E-state index in [4.69, 9.17) is 0 Å². The van der Waals surface area contributed by atoms with Gasteiger partial charge in [0.2, 0.25) is 0 Å². The zero-order chi connectivity index (χ0) is 9.07. The largest absolute Gasteiger partial charge is 0.466 e. The van der Waals surface area contributed by atoms with Gasteiger partial charge >= 0.3 is 5.97 Å². The van der Waals surface area contributed by atoms with Gasteiger partial charge < -0.3 is 9.84 Å². The van der Waals surface area contributed by atoms with E-state index < -0.39 is 11.6 Å². The van der Waals surface area contributed by atoms with Gasteiger partial charge in [-0.3, -0.25) is 0 Å². The number of ether oxygens (including phenoxy) is 1. The Morgan fingerprint density at radius 3 is 2.27 bits per heavy atom. The van der Waals surface area contributed by atoms with Crippen LogP contribution < -0.4 is 0 Å². The molecule has 3 nitrogen and oxygen atoms in total. The van der Waals surface area contributed by atoms with Crippen LogP contribution in [0.5, 0.6) is 0 Å². The molecular formula is C8H14O3. The third kappa shape index (κ3) is 4.56. The lowest BCUT2D eigenvalue weighted by atomic mass is 10.1. The van der Waals surface area contributed by atoms with Gasteiger partial charge in [0, 0.05) is 5.57 Å². The van der Waals surface area contributed by atoms with Crippen LogP contribution in [0.15, 0.2) is 11.6 Å². The van der Waals surface area contributed by atoms with Crippen molar-refractivity contribution in [1.29, 1.82) is 0 Å². The molecule has 0 saturated carbocycles. The van der Waals surface area contributed by atoms with Gasteiger partial charge in [0.1, 0.15) is 0 Å². The number of carbonyl (C=O) groups excluding carboxylic acids is 1. The summed E-state index contributed by atoms with van der Waals surface area (Å²) in [5, 5.41) is 9.25. The molecule has 1 N–H and O–H groups in total. The van der Waals surface area contributed by atoms with Crippen LogP contribution >= 0.6 is 0 Å².